The molecule has 1 amide bonds. The van der Waals surface area contributed by atoms with Crippen LogP contribution < -0.4 is 5.32 Å². The van der Waals surface area contributed by atoms with Crippen molar-refractivity contribution in [3.63, 3.8) is 0 Å². The zero-order valence-electron chi connectivity index (χ0n) is 13.9. The largest absolute Gasteiger partial charge is 0.351 e. The van der Waals surface area contributed by atoms with E-state index >= 15 is 0 Å². The Balaban J connectivity index is 1.84. The van der Waals surface area contributed by atoms with Crippen LogP contribution in [0.4, 0.5) is 0 Å². The fourth-order valence-electron chi connectivity index (χ4n) is 2.90. The normalized spacial score (nSPS) is 19.5. The molecule has 5 nitrogen and oxygen atoms in total. The molecule has 0 saturated carbocycles. The summed E-state index contributed by atoms with van der Waals surface area (Å²) in [6.07, 6.45) is 2.51. The third-order valence-electron chi connectivity index (χ3n) is 4.31. The first kappa shape index (κ1) is 17.9. The summed E-state index contributed by atoms with van der Waals surface area (Å²) in [4.78, 5) is 14.7. The van der Waals surface area contributed by atoms with E-state index in [4.69, 9.17) is 0 Å². The van der Waals surface area contributed by atoms with Crippen molar-refractivity contribution in [1.29, 1.82) is 0 Å². The lowest BCUT2D eigenvalue weighted by molar-refractivity contribution is 0.0943. The summed E-state index contributed by atoms with van der Waals surface area (Å²) in [6.45, 7) is 7.54. The van der Waals surface area contributed by atoms with E-state index < -0.39 is 9.84 Å². The number of hydrogen-bond donors (Lipinski definition) is 1. The van der Waals surface area contributed by atoms with Crippen molar-refractivity contribution in [2.24, 2.45) is 5.92 Å². The van der Waals surface area contributed by atoms with Crippen molar-refractivity contribution in [3.8, 4) is 0 Å². The topological polar surface area (TPSA) is 66.5 Å². The van der Waals surface area contributed by atoms with E-state index in [0.29, 0.717) is 12.1 Å². The molecule has 1 heterocycles. The van der Waals surface area contributed by atoms with E-state index in [1.54, 1.807) is 19.1 Å². The minimum Gasteiger partial charge on any atom is -0.351 e. The van der Waals surface area contributed by atoms with Crippen molar-refractivity contribution < 1.29 is 13.2 Å². The smallest absolute Gasteiger partial charge is 0.251 e. The van der Waals surface area contributed by atoms with Gasteiger partial charge in [0.05, 0.1) is 10.6 Å². The molecule has 1 aromatic carbocycles. The Morgan fingerprint density at radius 1 is 1.30 bits per heavy atom. The number of carbonyl (C=O) groups is 1. The zero-order chi connectivity index (χ0) is 16.9. The number of hydrogen-bond acceptors (Lipinski definition) is 4. The number of carbonyl (C=O) groups excluding carboxylic acids is 1. The minimum absolute atomic E-state index is 0.0623. The van der Waals surface area contributed by atoms with Crippen molar-refractivity contribution in [2.75, 3.05) is 31.9 Å². The standard InChI is InChI=1S/C17H26N2O3S/c1-3-23(21,22)16-8-6-15(7-9-16)17(20)18-10-12-19-11-4-5-14(2)13-19/h6-9,14H,3-5,10-13H2,1-2H3,(H,18,20)/t14-/m0/s1. The lowest BCUT2D eigenvalue weighted by atomic mass is 10.0. The minimum atomic E-state index is -3.22. The van der Waals surface area contributed by atoms with Crippen LogP contribution in [0.5, 0.6) is 0 Å². The Bertz CT molecular complexity index is 626. The number of nitrogens with zero attached hydrogens (tertiary/aromatic N) is 1. The average molecular weight is 338 g/mol. The molecule has 2 rings (SSSR count). The molecule has 1 aliphatic heterocycles. The maximum atomic E-state index is 12.1. The molecule has 23 heavy (non-hydrogen) atoms. The van der Waals surface area contributed by atoms with Crippen molar-refractivity contribution in [3.05, 3.63) is 29.8 Å². The SMILES string of the molecule is CCS(=O)(=O)c1ccc(C(=O)NCCN2CCC[C@H](C)C2)cc1. The Morgan fingerprint density at radius 2 is 2.00 bits per heavy atom. The van der Waals surface area contributed by atoms with E-state index in [0.717, 1.165) is 25.6 Å². The van der Waals surface area contributed by atoms with Crippen molar-refractivity contribution in [2.45, 2.75) is 31.6 Å². The van der Waals surface area contributed by atoms with Gasteiger partial charge in [0, 0.05) is 25.2 Å². The van der Waals surface area contributed by atoms with Gasteiger partial charge in [0.2, 0.25) is 0 Å². The summed E-state index contributed by atoms with van der Waals surface area (Å²) >= 11 is 0. The number of benzene rings is 1. The van der Waals surface area contributed by atoms with Gasteiger partial charge in [-0.15, -0.1) is 0 Å². The predicted octanol–water partition coefficient (Wildman–Crippen LogP) is 1.94. The molecule has 1 aliphatic rings. The summed E-state index contributed by atoms with van der Waals surface area (Å²) in [5.74, 6) is 0.635. The molecule has 1 N–H and O–H groups in total. The van der Waals surface area contributed by atoms with Gasteiger partial charge < -0.3 is 10.2 Å². The molecule has 1 atom stereocenters. The first-order valence-corrected chi connectivity index (χ1v) is 9.91. The van der Waals surface area contributed by atoms with Crippen LogP contribution in [-0.2, 0) is 9.84 Å². The summed E-state index contributed by atoms with van der Waals surface area (Å²) in [5, 5.41) is 2.90. The second-order valence-corrected chi connectivity index (χ2v) is 8.51. The van der Waals surface area contributed by atoms with Crippen LogP contribution in [0.1, 0.15) is 37.0 Å². The van der Waals surface area contributed by atoms with Crippen LogP contribution in [0, 0.1) is 5.92 Å². The second-order valence-electron chi connectivity index (χ2n) is 6.23. The van der Waals surface area contributed by atoms with Crippen molar-refractivity contribution >= 4 is 15.7 Å². The third kappa shape index (κ3) is 5.04. The van der Waals surface area contributed by atoms with Crippen molar-refractivity contribution in [1.82, 2.24) is 10.2 Å². The fraction of sp³-hybridized carbons (Fsp3) is 0.588. The van der Waals surface area contributed by atoms with Gasteiger partial charge >= 0.3 is 0 Å². The maximum Gasteiger partial charge on any atom is 0.251 e. The lowest BCUT2D eigenvalue weighted by Gasteiger charge is -2.30. The van der Waals surface area contributed by atoms with Gasteiger partial charge in [0.1, 0.15) is 0 Å². The predicted molar refractivity (Wildman–Crippen MR) is 91.3 cm³/mol. The molecule has 0 spiro atoms. The van der Waals surface area contributed by atoms with E-state index in [9.17, 15) is 13.2 Å². The van der Waals surface area contributed by atoms with Gasteiger partial charge in [-0.3, -0.25) is 4.79 Å². The third-order valence-corrected chi connectivity index (χ3v) is 6.06. The molecule has 1 saturated heterocycles. The number of nitrogens with one attached hydrogen (secondary N) is 1. The zero-order valence-corrected chi connectivity index (χ0v) is 14.7. The Hall–Kier alpha value is -1.40. The maximum absolute atomic E-state index is 12.1. The quantitative estimate of drug-likeness (QED) is 0.861. The van der Waals surface area contributed by atoms with E-state index in [-0.39, 0.29) is 16.6 Å². The monoisotopic (exact) mass is 338 g/mol. The molecule has 0 bridgehead atoms. The van der Waals surface area contributed by atoms with E-state index in [2.05, 4.69) is 17.1 Å². The van der Waals surface area contributed by atoms with Crippen LogP contribution in [0.15, 0.2) is 29.2 Å². The number of likely N-dealkylation sites (tertiary alicyclic amines) is 1. The van der Waals surface area contributed by atoms with Crippen LogP contribution in [0.25, 0.3) is 0 Å². The highest BCUT2D eigenvalue weighted by atomic mass is 32.2. The van der Waals surface area contributed by atoms with Crippen LogP contribution >= 0.6 is 0 Å². The first-order chi connectivity index (χ1) is 10.9. The first-order valence-electron chi connectivity index (χ1n) is 8.25. The number of piperidine rings is 1. The van der Waals surface area contributed by atoms with Gasteiger partial charge in [0.15, 0.2) is 9.84 Å². The van der Waals surface area contributed by atoms with E-state index in [1.807, 2.05) is 0 Å². The van der Waals surface area contributed by atoms with Crippen LogP contribution in [0.3, 0.4) is 0 Å². The summed E-state index contributed by atoms with van der Waals surface area (Å²) in [6, 6.07) is 6.14. The molecule has 1 fully saturated rings. The van der Waals surface area contributed by atoms with Gasteiger partial charge in [-0.25, -0.2) is 8.42 Å². The average Bonchev–Trinajstić information content (AvgIpc) is 2.55. The molecular formula is C17H26N2O3S. The van der Waals surface area contributed by atoms with Crippen LogP contribution in [-0.4, -0.2) is 51.2 Å². The summed E-state index contributed by atoms with van der Waals surface area (Å²) in [7, 11) is -3.22. The molecule has 0 aliphatic carbocycles. The molecular weight excluding hydrogens is 312 g/mol. The molecule has 6 heteroatoms. The van der Waals surface area contributed by atoms with Gasteiger partial charge in [-0.05, 0) is 49.6 Å². The summed E-state index contributed by atoms with van der Waals surface area (Å²) in [5.41, 5.74) is 0.493. The van der Waals surface area contributed by atoms with Gasteiger partial charge in [-0.1, -0.05) is 13.8 Å². The number of sulfone groups is 1. The second kappa shape index (κ2) is 7.93. The highest BCUT2D eigenvalue weighted by Crippen LogP contribution is 2.15. The Kier molecular flexibility index (Phi) is 6.18. The summed E-state index contributed by atoms with van der Waals surface area (Å²) < 4.78 is 23.5. The molecule has 1 aromatic rings. The highest BCUT2D eigenvalue weighted by molar-refractivity contribution is 7.91. The molecule has 0 unspecified atom stereocenters. The number of amides is 1. The highest BCUT2D eigenvalue weighted by Gasteiger charge is 2.16. The molecule has 128 valence electrons. The van der Waals surface area contributed by atoms with E-state index in [1.165, 1.54) is 25.0 Å². The molecule has 0 radical (unpaired) electrons. The fourth-order valence-corrected chi connectivity index (χ4v) is 3.78. The van der Waals surface area contributed by atoms with Gasteiger partial charge in [0.25, 0.3) is 5.91 Å². The van der Waals surface area contributed by atoms with Gasteiger partial charge in [-0.2, -0.15) is 0 Å². The molecule has 0 aromatic heterocycles. The van der Waals surface area contributed by atoms with Crippen LogP contribution in [0.2, 0.25) is 0 Å². The number of rotatable bonds is 6. The Morgan fingerprint density at radius 3 is 2.61 bits per heavy atom. The Labute approximate surface area is 139 Å². The lowest BCUT2D eigenvalue weighted by Crippen LogP contribution is -2.40.